The van der Waals surface area contributed by atoms with Crippen LogP contribution in [0.25, 0.3) is 11.1 Å². The fraction of sp³-hybridized carbons (Fsp3) is 0.543. The molecule has 6 atom stereocenters. The average Bonchev–Trinajstić information content (AvgIpc) is 3.57. The molecule has 1 aliphatic rings. The fourth-order valence-electron chi connectivity index (χ4n) is 7.74. The van der Waals surface area contributed by atoms with Crippen molar-refractivity contribution < 1.29 is 53.0 Å². The van der Waals surface area contributed by atoms with E-state index in [1.807, 2.05) is 62.4 Å². The lowest BCUT2D eigenvalue weighted by atomic mass is 9.98. The number of amides is 8. The van der Waals surface area contributed by atoms with Crippen LogP contribution in [0.2, 0.25) is 0 Å². The molecule has 0 aromatic heterocycles. The van der Waals surface area contributed by atoms with Gasteiger partial charge in [-0.25, -0.2) is 9.59 Å². The number of carboxylic acids is 1. The minimum absolute atomic E-state index is 0.0562. The molecular weight excluding hydrogens is 841 g/mol. The second kappa shape index (κ2) is 22.9. The third-order valence-electron chi connectivity index (χ3n) is 11.9. The SMILES string of the molecule is CC(C)C[C@H](NC(=O)[C@H](C)N(C)C(=O)OCC1c2ccccc2-c2ccccc21)C(=O)N(C)CC(=O)N(C)[C@@H](C)C(=O)N[C@@H](C)C(=O)N(C)[C@H](C(=O)N(C)[C@@H](CC(N)=O)C(=O)O)C(C)C. The number of fused-ring (bicyclic) bond motifs is 3. The lowest BCUT2D eigenvalue weighted by Crippen LogP contribution is -2.59. The molecule has 1 aliphatic carbocycles. The van der Waals surface area contributed by atoms with E-state index >= 15 is 0 Å². The number of primary amides is 1. The number of nitrogens with two attached hydrogens (primary N) is 1. The Morgan fingerprint density at radius 2 is 1.18 bits per heavy atom. The van der Waals surface area contributed by atoms with E-state index in [0.717, 1.165) is 46.8 Å². The smallest absolute Gasteiger partial charge is 0.410 e. The number of aliphatic carboxylic acids is 1. The van der Waals surface area contributed by atoms with Gasteiger partial charge in [0.25, 0.3) is 0 Å². The van der Waals surface area contributed by atoms with Crippen LogP contribution in [0.5, 0.6) is 0 Å². The molecule has 0 unspecified atom stereocenters. The number of hydrogen-bond acceptors (Lipinski definition) is 10. The molecule has 3 rings (SSSR count). The van der Waals surface area contributed by atoms with Gasteiger partial charge in [0.05, 0.1) is 13.0 Å². The Kier molecular flexibility index (Phi) is 18.6. The minimum Gasteiger partial charge on any atom is -0.480 e. The van der Waals surface area contributed by atoms with Gasteiger partial charge in [-0.2, -0.15) is 0 Å². The van der Waals surface area contributed by atoms with Crippen LogP contribution in [0, 0.1) is 11.8 Å². The van der Waals surface area contributed by atoms with Crippen LogP contribution < -0.4 is 16.4 Å². The highest BCUT2D eigenvalue weighted by Gasteiger charge is 2.39. The predicted molar refractivity (Wildman–Crippen MR) is 241 cm³/mol. The monoisotopic (exact) mass is 906 g/mol. The highest BCUT2D eigenvalue weighted by atomic mass is 16.6. The predicted octanol–water partition coefficient (Wildman–Crippen LogP) is 1.87. The van der Waals surface area contributed by atoms with Crippen LogP contribution in [0.1, 0.15) is 78.4 Å². The Morgan fingerprint density at radius 3 is 1.68 bits per heavy atom. The molecule has 2 aromatic carbocycles. The molecule has 356 valence electrons. The van der Waals surface area contributed by atoms with Gasteiger partial charge in [-0.3, -0.25) is 38.5 Å². The second-order valence-electron chi connectivity index (χ2n) is 17.5. The molecule has 19 heteroatoms. The average molecular weight is 907 g/mol. The number of carbonyl (C=O) groups excluding carboxylic acids is 8. The summed E-state index contributed by atoms with van der Waals surface area (Å²) in [6.07, 6.45) is -1.14. The van der Waals surface area contributed by atoms with Crippen LogP contribution in [0.4, 0.5) is 4.79 Å². The minimum atomic E-state index is -1.57. The number of carboxylic acid groups (broad SMARTS) is 1. The van der Waals surface area contributed by atoms with Crippen molar-refractivity contribution in [2.75, 3.05) is 48.4 Å². The first-order valence-corrected chi connectivity index (χ1v) is 21.6. The summed E-state index contributed by atoms with van der Waals surface area (Å²) < 4.78 is 5.73. The fourth-order valence-corrected chi connectivity index (χ4v) is 7.74. The van der Waals surface area contributed by atoms with Gasteiger partial charge in [0.1, 0.15) is 42.9 Å². The quantitative estimate of drug-likeness (QED) is 0.141. The van der Waals surface area contributed by atoms with Gasteiger partial charge < -0.3 is 45.8 Å². The summed E-state index contributed by atoms with van der Waals surface area (Å²) in [5, 5.41) is 14.9. The summed E-state index contributed by atoms with van der Waals surface area (Å²) >= 11 is 0. The maximum absolute atomic E-state index is 13.8. The highest BCUT2D eigenvalue weighted by Crippen LogP contribution is 2.44. The largest absolute Gasteiger partial charge is 0.480 e. The van der Waals surface area contributed by atoms with Crippen LogP contribution in [-0.2, 0) is 43.1 Å². The van der Waals surface area contributed by atoms with Crippen molar-refractivity contribution in [2.24, 2.45) is 17.6 Å². The van der Waals surface area contributed by atoms with E-state index in [2.05, 4.69) is 10.6 Å². The first-order valence-electron chi connectivity index (χ1n) is 21.6. The standard InChI is InChI=1S/C46H66N8O11/c1-25(2)21-35(49-41(58)29(7)52(10)46(64)65-24-34-32-19-15-13-17-30(32)31-18-14-16-20-33(31)34)43(60)50(8)23-38(56)51(9)28(6)40(57)48-27(5)42(59)54(12)39(26(3)4)44(61)53(11)36(45(62)63)22-37(47)55/h13-20,25-29,34-36,39H,21-24H2,1-12H3,(H2,47,55)(H,48,57)(H,49,58)(H,62,63)/t27-,28-,29-,35-,36-,39-/m0/s1. The van der Waals surface area contributed by atoms with Crippen molar-refractivity contribution in [1.82, 2.24) is 35.1 Å². The zero-order valence-electron chi connectivity index (χ0n) is 39.5. The zero-order valence-corrected chi connectivity index (χ0v) is 39.5. The number of nitrogens with one attached hydrogen (secondary N) is 2. The molecule has 0 fully saturated rings. The third-order valence-corrected chi connectivity index (χ3v) is 11.9. The van der Waals surface area contributed by atoms with Gasteiger partial charge in [0.2, 0.25) is 41.4 Å². The van der Waals surface area contributed by atoms with Crippen molar-refractivity contribution >= 4 is 53.4 Å². The Labute approximate surface area is 380 Å². The van der Waals surface area contributed by atoms with Gasteiger partial charge in [0, 0.05) is 41.2 Å². The lowest BCUT2D eigenvalue weighted by Gasteiger charge is -2.36. The van der Waals surface area contributed by atoms with E-state index in [1.54, 1.807) is 13.8 Å². The van der Waals surface area contributed by atoms with E-state index in [0.29, 0.717) is 0 Å². The van der Waals surface area contributed by atoms with E-state index in [9.17, 15) is 48.3 Å². The molecule has 8 amide bonds. The molecule has 2 aromatic rings. The first-order chi connectivity index (χ1) is 30.3. The lowest BCUT2D eigenvalue weighted by molar-refractivity contribution is -0.155. The van der Waals surface area contributed by atoms with E-state index in [-0.39, 0.29) is 24.9 Å². The molecule has 0 heterocycles. The molecule has 5 N–H and O–H groups in total. The van der Waals surface area contributed by atoms with E-state index in [1.165, 1.54) is 56.0 Å². The van der Waals surface area contributed by atoms with Crippen molar-refractivity contribution in [3.05, 3.63) is 59.7 Å². The molecule has 0 aliphatic heterocycles. The Hall–Kier alpha value is -6.53. The van der Waals surface area contributed by atoms with Crippen molar-refractivity contribution in [3.8, 4) is 11.1 Å². The summed E-state index contributed by atoms with van der Waals surface area (Å²) in [7, 11) is 6.70. The van der Waals surface area contributed by atoms with E-state index in [4.69, 9.17) is 10.5 Å². The molecule has 0 saturated heterocycles. The molecule has 0 bridgehead atoms. The summed E-state index contributed by atoms with van der Waals surface area (Å²) in [5.74, 6) is -7.12. The highest BCUT2D eigenvalue weighted by molar-refractivity contribution is 5.96. The maximum atomic E-state index is 13.8. The van der Waals surface area contributed by atoms with Crippen molar-refractivity contribution in [1.29, 1.82) is 0 Å². The topological polar surface area (TPSA) is 249 Å². The van der Waals surface area contributed by atoms with Crippen LogP contribution in [0.3, 0.4) is 0 Å². The van der Waals surface area contributed by atoms with Gasteiger partial charge in [-0.1, -0.05) is 76.2 Å². The number of carbonyl (C=O) groups is 9. The molecular formula is C46H66N8O11. The van der Waals surface area contributed by atoms with Crippen LogP contribution in [-0.4, -0.2) is 168 Å². The molecule has 19 nitrogen and oxygen atoms in total. The Morgan fingerprint density at radius 1 is 0.677 bits per heavy atom. The molecule has 65 heavy (non-hydrogen) atoms. The first kappa shape index (κ1) is 52.8. The zero-order chi connectivity index (χ0) is 49.2. The molecule has 0 radical (unpaired) electrons. The number of benzene rings is 2. The summed E-state index contributed by atoms with van der Waals surface area (Å²) in [6.45, 7) is 10.9. The number of likely N-dealkylation sites (N-methyl/N-ethyl adjacent to an activating group) is 5. The summed E-state index contributed by atoms with van der Waals surface area (Å²) in [6, 6.07) is 8.68. The number of ether oxygens (including phenoxy) is 1. The summed E-state index contributed by atoms with van der Waals surface area (Å²) in [4.78, 5) is 123. The van der Waals surface area contributed by atoms with Crippen molar-refractivity contribution in [3.63, 3.8) is 0 Å². The Bertz CT molecular complexity index is 2070. The second-order valence-corrected chi connectivity index (χ2v) is 17.5. The third kappa shape index (κ3) is 13.0. The number of nitrogens with zero attached hydrogens (tertiary/aromatic N) is 5. The van der Waals surface area contributed by atoms with Crippen LogP contribution in [0.15, 0.2) is 48.5 Å². The van der Waals surface area contributed by atoms with Crippen LogP contribution >= 0.6 is 0 Å². The number of rotatable bonds is 21. The molecule has 0 saturated carbocycles. The van der Waals surface area contributed by atoms with Gasteiger partial charge >= 0.3 is 12.1 Å². The normalized spacial score (nSPS) is 14.6. The summed E-state index contributed by atoms with van der Waals surface area (Å²) in [5.41, 5.74) is 9.42. The Balaban J connectivity index is 1.60. The van der Waals surface area contributed by atoms with E-state index < -0.39 is 109 Å². The van der Waals surface area contributed by atoms with Gasteiger partial charge in [-0.05, 0) is 61.3 Å². The van der Waals surface area contributed by atoms with Gasteiger partial charge in [-0.15, -0.1) is 0 Å². The number of hydrogen-bond donors (Lipinski definition) is 4. The maximum Gasteiger partial charge on any atom is 0.410 e. The molecule has 0 spiro atoms. The van der Waals surface area contributed by atoms with Crippen molar-refractivity contribution in [2.45, 2.75) is 103 Å². The van der Waals surface area contributed by atoms with Gasteiger partial charge in [0.15, 0.2) is 0 Å².